The third kappa shape index (κ3) is 3.08. The molecule has 90 valence electrons. The van der Waals surface area contributed by atoms with E-state index in [2.05, 4.69) is 39.8 Å². The summed E-state index contributed by atoms with van der Waals surface area (Å²) in [6.45, 7) is 8.59. The zero-order valence-electron chi connectivity index (χ0n) is 11.0. The lowest BCUT2D eigenvalue weighted by molar-refractivity contribution is 0.140. The van der Waals surface area contributed by atoms with Gasteiger partial charge >= 0.3 is 0 Å². The van der Waals surface area contributed by atoms with Gasteiger partial charge in [-0.3, -0.25) is 0 Å². The van der Waals surface area contributed by atoms with E-state index in [0.29, 0.717) is 5.92 Å². The number of aliphatic hydroxyl groups is 1. The summed E-state index contributed by atoms with van der Waals surface area (Å²) in [6.07, 6.45) is 2.89. The molecule has 0 aliphatic rings. The van der Waals surface area contributed by atoms with Crippen molar-refractivity contribution in [2.24, 2.45) is 5.92 Å². The van der Waals surface area contributed by atoms with Crippen molar-refractivity contribution in [3.8, 4) is 0 Å². The minimum atomic E-state index is -0.301. The summed E-state index contributed by atoms with van der Waals surface area (Å²) in [7, 11) is 0. The summed E-state index contributed by atoms with van der Waals surface area (Å²) >= 11 is 0. The fraction of sp³-hybridized carbons (Fsp3) is 0.600. The highest BCUT2D eigenvalue weighted by Gasteiger charge is 2.15. The van der Waals surface area contributed by atoms with Gasteiger partial charge in [0.1, 0.15) is 0 Å². The van der Waals surface area contributed by atoms with Crippen LogP contribution in [0.1, 0.15) is 55.9 Å². The Kier molecular flexibility index (Phi) is 5.01. The van der Waals surface area contributed by atoms with Crippen LogP contribution in [0.5, 0.6) is 0 Å². The topological polar surface area (TPSA) is 20.2 Å². The van der Waals surface area contributed by atoms with Gasteiger partial charge in [0.2, 0.25) is 0 Å². The van der Waals surface area contributed by atoms with Gasteiger partial charge in [0.15, 0.2) is 0 Å². The highest BCUT2D eigenvalue weighted by molar-refractivity contribution is 5.34. The van der Waals surface area contributed by atoms with Crippen molar-refractivity contribution in [2.45, 2.75) is 53.1 Å². The zero-order chi connectivity index (χ0) is 12.1. The van der Waals surface area contributed by atoms with Crippen LogP contribution in [0.2, 0.25) is 0 Å². The number of rotatable bonds is 5. The third-order valence-electron chi connectivity index (χ3n) is 3.72. The fourth-order valence-corrected chi connectivity index (χ4v) is 2.20. The molecule has 0 aliphatic heterocycles. The standard InChI is InChI=1S/C15H24O/c1-5-13(6-2)10-15(16)14-9-7-8-11(3)12(14)4/h7-9,13,15-16H,5-6,10H2,1-4H3. The largest absolute Gasteiger partial charge is 0.388 e. The van der Waals surface area contributed by atoms with Crippen LogP contribution in [0, 0.1) is 19.8 Å². The van der Waals surface area contributed by atoms with E-state index in [9.17, 15) is 5.11 Å². The molecule has 0 spiro atoms. The fourth-order valence-electron chi connectivity index (χ4n) is 2.20. The molecule has 16 heavy (non-hydrogen) atoms. The summed E-state index contributed by atoms with van der Waals surface area (Å²) < 4.78 is 0. The van der Waals surface area contributed by atoms with Crippen LogP contribution < -0.4 is 0 Å². The van der Waals surface area contributed by atoms with Crippen molar-refractivity contribution in [1.29, 1.82) is 0 Å². The normalized spacial score (nSPS) is 13.1. The van der Waals surface area contributed by atoms with E-state index in [1.165, 1.54) is 11.1 Å². The third-order valence-corrected chi connectivity index (χ3v) is 3.72. The predicted octanol–water partition coefficient (Wildman–Crippen LogP) is 4.16. The Balaban J connectivity index is 2.80. The van der Waals surface area contributed by atoms with Crippen LogP contribution in [-0.2, 0) is 0 Å². The molecule has 1 rings (SSSR count). The van der Waals surface area contributed by atoms with Crippen LogP contribution in [0.4, 0.5) is 0 Å². The lowest BCUT2D eigenvalue weighted by Gasteiger charge is -2.20. The van der Waals surface area contributed by atoms with Crippen molar-refractivity contribution in [3.05, 3.63) is 34.9 Å². The molecule has 0 saturated heterocycles. The van der Waals surface area contributed by atoms with Crippen LogP contribution in [0.3, 0.4) is 0 Å². The van der Waals surface area contributed by atoms with E-state index in [-0.39, 0.29) is 6.10 Å². The molecular formula is C15H24O. The number of benzene rings is 1. The zero-order valence-corrected chi connectivity index (χ0v) is 11.0. The van der Waals surface area contributed by atoms with Crippen LogP contribution >= 0.6 is 0 Å². The van der Waals surface area contributed by atoms with Gasteiger partial charge in [-0.1, -0.05) is 44.9 Å². The average molecular weight is 220 g/mol. The maximum atomic E-state index is 10.3. The minimum Gasteiger partial charge on any atom is -0.388 e. The smallest absolute Gasteiger partial charge is 0.0795 e. The van der Waals surface area contributed by atoms with Gasteiger partial charge in [0.25, 0.3) is 0 Å². The minimum absolute atomic E-state index is 0.301. The van der Waals surface area contributed by atoms with Gasteiger partial charge in [-0.15, -0.1) is 0 Å². The lowest BCUT2D eigenvalue weighted by Crippen LogP contribution is -2.07. The molecule has 1 unspecified atom stereocenters. The van der Waals surface area contributed by atoms with E-state index in [0.717, 1.165) is 24.8 Å². The van der Waals surface area contributed by atoms with Gasteiger partial charge in [-0.2, -0.15) is 0 Å². The first-order valence-corrected chi connectivity index (χ1v) is 6.34. The van der Waals surface area contributed by atoms with Gasteiger partial charge in [-0.05, 0) is 42.9 Å². The molecular weight excluding hydrogens is 196 g/mol. The number of aryl methyl sites for hydroxylation is 1. The molecule has 0 radical (unpaired) electrons. The Morgan fingerprint density at radius 1 is 1.12 bits per heavy atom. The Morgan fingerprint density at radius 3 is 2.31 bits per heavy atom. The van der Waals surface area contributed by atoms with Crippen LogP contribution in [0.15, 0.2) is 18.2 Å². The van der Waals surface area contributed by atoms with Gasteiger partial charge in [-0.25, -0.2) is 0 Å². The van der Waals surface area contributed by atoms with E-state index in [4.69, 9.17) is 0 Å². The molecule has 1 aromatic rings. The SMILES string of the molecule is CCC(CC)CC(O)c1cccc(C)c1C. The number of aliphatic hydroxyl groups excluding tert-OH is 1. The summed E-state index contributed by atoms with van der Waals surface area (Å²) in [5, 5.41) is 10.3. The summed E-state index contributed by atoms with van der Waals surface area (Å²) in [4.78, 5) is 0. The molecule has 1 N–H and O–H groups in total. The second-order valence-electron chi connectivity index (χ2n) is 4.72. The van der Waals surface area contributed by atoms with Crippen LogP contribution in [-0.4, -0.2) is 5.11 Å². The Labute approximate surface area is 99.5 Å². The van der Waals surface area contributed by atoms with Crippen molar-refractivity contribution < 1.29 is 5.11 Å². The van der Waals surface area contributed by atoms with Gasteiger partial charge < -0.3 is 5.11 Å². The molecule has 1 nitrogen and oxygen atoms in total. The lowest BCUT2D eigenvalue weighted by atomic mass is 9.90. The molecule has 0 bridgehead atoms. The second-order valence-corrected chi connectivity index (χ2v) is 4.72. The van der Waals surface area contributed by atoms with E-state index in [1.807, 2.05) is 6.07 Å². The van der Waals surface area contributed by atoms with Crippen LogP contribution in [0.25, 0.3) is 0 Å². The molecule has 0 aromatic heterocycles. The van der Waals surface area contributed by atoms with E-state index >= 15 is 0 Å². The predicted molar refractivity (Wildman–Crippen MR) is 69.6 cm³/mol. The monoisotopic (exact) mass is 220 g/mol. The first-order chi connectivity index (χ1) is 7.60. The van der Waals surface area contributed by atoms with Gasteiger partial charge in [0.05, 0.1) is 6.10 Å². The van der Waals surface area contributed by atoms with Crippen molar-refractivity contribution in [2.75, 3.05) is 0 Å². The number of hydrogen-bond donors (Lipinski definition) is 1. The summed E-state index contributed by atoms with van der Waals surface area (Å²) in [6, 6.07) is 6.19. The summed E-state index contributed by atoms with van der Waals surface area (Å²) in [5.41, 5.74) is 3.61. The maximum Gasteiger partial charge on any atom is 0.0795 e. The molecule has 0 fully saturated rings. The molecule has 0 amide bonds. The number of hydrogen-bond acceptors (Lipinski definition) is 1. The van der Waals surface area contributed by atoms with Gasteiger partial charge in [0, 0.05) is 0 Å². The highest BCUT2D eigenvalue weighted by Crippen LogP contribution is 2.28. The molecule has 1 aromatic carbocycles. The maximum absolute atomic E-state index is 10.3. The Hall–Kier alpha value is -0.820. The molecule has 1 heteroatoms. The molecule has 0 aliphatic carbocycles. The Bertz CT molecular complexity index is 326. The Morgan fingerprint density at radius 2 is 1.75 bits per heavy atom. The van der Waals surface area contributed by atoms with Crippen molar-refractivity contribution >= 4 is 0 Å². The average Bonchev–Trinajstić information content (AvgIpc) is 2.29. The van der Waals surface area contributed by atoms with E-state index < -0.39 is 0 Å². The van der Waals surface area contributed by atoms with Crippen molar-refractivity contribution in [3.63, 3.8) is 0 Å². The first kappa shape index (κ1) is 13.2. The molecule has 0 heterocycles. The highest BCUT2D eigenvalue weighted by atomic mass is 16.3. The quantitative estimate of drug-likeness (QED) is 0.790. The molecule has 0 saturated carbocycles. The first-order valence-electron chi connectivity index (χ1n) is 6.34. The van der Waals surface area contributed by atoms with Crippen molar-refractivity contribution in [1.82, 2.24) is 0 Å². The second kappa shape index (κ2) is 6.05. The summed E-state index contributed by atoms with van der Waals surface area (Å²) in [5.74, 6) is 0.634. The molecule has 1 atom stereocenters. The van der Waals surface area contributed by atoms with E-state index in [1.54, 1.807) is 0 Å².